The number of nitrogens with zero attached hydrogens (tertiary/aromatic N) is 1. The smallest absolute Gasteiger partial charge is 0.0541 e. The Morgan fingerprint density at radius 2 is 0.855 bits per heavy atom. The molecule has 3 aliphatic carbocycles. The zero-order valence-electron chi connectivity index (χ0n) is 39.8. The molecule has 13 rings (SSSR count). The van der Waals surface area contributed by atoms with Crippen LogP contribution in [0.5, 0.6) is 0 Å². The maximum Gasteiger partial charge on any atom is 0.0541 e. The molecule has 0 aliphatic heterocycles. The van der Waals surface area contributed by atoms with E-state index in [1.807, 2.05) is 0 Å². The van der Waals surface area contributed by atoms with Gasteiger partial charge in [-0.25, -0.2) is 0 Å². The third-order valence-corrected chi connectivity index (χ3v) is 16.1. The van der Waals surface area contributed by atoms with Gasteiger partial charge in [-0.2, -0.15) is 0 Å². The molecule has 69 heavy (non-hydrogen) atoms. The molecule has 9 aromatic carbocycles. The molecule has 1 aromatic heterocycles. The Morgan fingerprint density at radius 3 is 1.48 bits per heavy atom. The first-order chi connectivity index (χ1) is 33.9. The van der Waals surface area contributed by atoms with Crippen LogP contribution in [0.25, 0.3) is 101 Å². The number of hydrogen-bond donors (Lipinski definition) is 0. The van der Waals surface area contributed by atoms with Crippen LogP contribution in [0.2, 0.25) is 0 Å². The maximum atomic E-state index is 2.53. The maximum absolute atomic E-state index is 2.53. The van der Waals surface area contributed by atoms with Crippen LogP contribution >= 0.6 is 0 Å². The number of fused-ring (bicyclic) bond motifs is 11. The molecule has 3 aliphatic rings. The molecule has 1 heteroatoms. The fourth-order valence-corrected chi connectivity index (χ4v) is 12.6. The van der Waals surface area contributed by atoms with E-state index >= 15 is 0 Å². The molecule has 0 atom stereocenters. The van der Waals surface area contributed by atoms with Gasteiger partial charge in [-0.1, -0.05) is 209 Å². The van der Waals surface area contributed by atoms with Gasteiger partial charge in [0.25, 0.3) is 0 Å². The lowest BCUT2D eigenvalue weighted by Gasteiger charge is -2.36. The van der Waals surface area contributed by atoms with Crippen molar-refractivity contribution in [1.29, 1.82) is 0 Å². The highest BCUT2D eigenvalue weighted by Crippen LogP contribution is 2.57. The molecular weight excluding hydrogens is 831 g/mol. The van der Waals surface area contributed by atoms with Crippen molar-refractivity contribution in [2.75, 3.05) is 0 Å². The molecular formula is C68H55N. The Labute approximate surface area is 406 Å². The van der Waals surface area contributed by atoms with Crippen LogP contribution in [0.4, 0.5) is 0 Å². The number of allylic oxidation sites excluding steroid dienone is 1. The topological polar surface area (TPSA) is 4.93 Å². The predicted molar refractivity (Wildman–Crippen MR) is 294 cm³/mol. The highest BCUT2D eigenvalue weighted by molar-refractivity contribution is 6.10. The lowest BCUT2D eigenvalue weighted by atomic mass is 9.67. The first-order valence-electron chi connectivity index (χ1n) is 25.1. The van der Waals surface area contributed by atoms with Crippen molar-refractivity contribution in [2.45, 2.75) is 63.7 Å². The normalized spacial score (nSPS) is 15.3. The van der Waals surface area contributed by atoms with Gasteiger partial charge in [0.2, 0.25) is 0 Å². The molecule has 10 aromatic rings. The van der Waals surface area contributed by atoms with Gasteiger partial charge in [0.15, 0.2) is 0 Å². The SMILES string of the molecule is CC=Cc1ccc(-c2ccc3c(c2)C2(CCCCC2)c2cc(-c4ccc(C=Cc5ccc(-c6ccc7c(c6)c6ccccc6n7-c6ccc7c(c6)C(C)(C)c6ccccc6-7)cc5)cc4)ccc2-3)cc1. The summed E-state index contributed by atoms with van der Waals surface area (Å²) in [6, 6.07) is 73.5. The van der Waals surface area contributed by atoms with Gasteiger partial charge in [-0.3, -0.25) is 0 Å². The van der Waals surface area contributed by atoms with Crippen molar-refractivity contribution >= 4 is 40.0 Å². The Morgan fingerprint density at radius 1 is 0.377 bits per heavy atom. The summed E-state index contributed by atoms with van der Waals surface area (Å²) in [6.45, 7) is 6.79. The molecule has 0 bridgehead atoms. The lowest BCUT2D eigenvalue weighted by molar-refractivity contribution is 0.353. The summed E-state index contributed by atoms with van der Waals surface area (Å²) in [5.74, 6) is 0. The van der Waals surface area contributed by atoms with Crippen molar-refractivity contribution in [1.82, 2.24) is 4.57 Å². The minimum absolute atomic E-state index is 0.0527. The first-order valence-corrected chi connectivity index (χ1v) is 25.1. The molecule has 0 N–H and O–H groups in total. The van der Waals surface area contributed by atoms with E-state index in [0.717, 1.165) is 0 Å². The molecule has 1 fully saturated rings. The van der Waals surface area contributed by atoms with Gasteiger partial charge >= 0.3 is 0 Å². The third kappa shape index (κ3) is 6.74. The number of benzene rings is 9. The van der Waals surface area contributed by atoms with Crippen LogP contribution in [0.15, 0.2) is 200 Å². The standard InChI is InChI=1S/C68H55N/c1-4-12-45-19-25-49(26-20-45)52-31-35-57-58-36-32-53(43-64(58)68(63(57)42-52)39-10-5-11-40-68)50-29-23-47(24-30-50)18-17-46-21-27-48(28-22-46)51-33-38-66-60(41-51)59-14-7-9-16-65(59)69(66)54-34-37-56-55-13-6-8-15-61(55)67(2,3)62(56)44-54/h4,6-9,12-38,41-44H,5,10-11,39-40H2,1-3H3. The van der Waals surface area contributed by atoms with E-state index in [1.54, 1.807) is 0 Å². The summed E-state index contributed by atoms with van der Waals surface area (Å²) in [4.78, 5) is 0. The molecule has 0 amide bonds. The molecule has 1 saturated carbocycles. The van der Waals surface area contributed by atoms with E-state index in [0.29, 0.717) is 0 Å². The van der Waals surface area contributed by atoms with E-state index in [9.17, 15) is 0 Å². The highest BCUT2D eigenvalue weighted by Gasteiger charge is 2.44. The largest absolute Gasteiger partial charge is 0.309 e. The van der Waals surface area contributed by atoms with Crippen LogP contribution in [0, 0.1) is 0 Å². The third-order valence-electron chi connectivity index (χ3n) is 16.1. The van der Waals surface area contributed by atoms with Crippen molar-refractivity contribution in [3.8, 4) is 61.3 Å². The summed E-state index contributed by atoms with van der Waals surface area (Å²) in [5, 5.41) is 2.54. The van der Waals surface area contributed by atoms with E-state index in [2.05, 4.69) is 244 Å². The highest BCUT2D eigenvalue weighted by atomic mass is 15.0. The Hall–Kier alpha value is -7.74. The second-order valence-electron chi connectivity index (χ2n) is 20.3. The minimum Gasteiger partial charge on any atom is -0.309 e. The molecule has 1 heterocycles. The molecule has 1 spiro atoms. The fourth-order valence-electron chi connectivity index (χ4n) is 12.6. The van der Waals surface area contributed by atoms with Crippen molar-refractivity contribution in [2.24, 2.45) is 0 Å². The van der Waals surface area contributed by atoms with Crippen LogP contribution in [-0.2, 0) is 10.8 Å². The molecule has 1 nitrogen and oxygen atoms in total. The average molecular weight is 886 g/mol. The molecule has 332 valence electrons. The number of aromatic nitrogens is 1. The van der Waals surface area contributed by atoms with Crippen LogP contribution in [0.3, 0.4) is 0 Å². The number of para-hydroxylation sites is 1. The van der Waals surface area contributed by atoms with Crippen molar-refractivity contribution in [3.63, 3.8) is 0 Å². The summed E-state index contributed by atoms with van der Waals surface area (Å²) >= 11 is 0. The van der Waals surface area contributed by atoms with Crippen molar-refractivity contribution < 1.29 is 0 Å². The molecule has 0 unspecified atom stereocenters. The zero-order valence-corrected chi connectivity index (χ0v) is 39.8. The second kappa shape index (κ2) is 16.2. The quantitative estimate of drug-likeness (QED) is 0.141. The van der Waals surface area contributed by atoms with Gasteiger partial charge < -0.3 is 4.57 Å². The number of rotatable bonds is 7. The average Bonchev–Trinajstić information content (AvgIpc) is 3.95. The van der Waals surface area contributed by atoms with E-state index in [4.69, 9.17) is 0 Å². The van der Waals surface area contributed by atoms with Gasteiger partial charge in [0, 0.05) is 27.3 Å². The van der Waals surface area contributed by atoms with Crippen LogP contribution < -0.4 is 0 Å². The van der Waals surface area contributed by atoms with Crippen LogP contribution in [0.1, 0.15) is 91.8 Å². The zero-order chi connectivity index (χ0) is 46.3. The first kappa shape index (κ1) is 41.4. The van der Waals surface area contributed by atoms with Gasteiger partial charge in [-0.05, 0) is 157 Å². The molecule has 0 saturated heterocycles. The monoisotopic (exact) mass is 885 g/mol. The van der Waals surface area contributed by atoms with Gasteiger partial charge in [0.05, 0.1) is 11.0 Å². The summed E-state index contributed by atoms with van der Waals surface area (Å²) in [5.41, 5.74) is 26.4. The summed E-state index contributed by atoms with van der Waals surface area (Å²) in [7, 11) is 0. The molecule has 0 radical (unpaired) electrons. The minimum atomic E-state index is -0.0527. The van der Waals surface area contributed by atoms with E-state index in [-0.39, 0.29) is 10.8 Å². The lowest BCUT2D eigenvalue weighted by Crippen LogP contribution is -2.28. The Kier molecular flexibility index (Phi) is 9.74. The summed E-state index contributed by atoms with van der Waals surface area (Å²) in [6.07, 6.45) is 15.1. The fraction of sp³-hybridized carbons (Fsp3) is 0.147. The van der Waals surface area contributed by atoms with E-state index in [1.165, 1.54) is 154 Å². The van der Waals surface area contributed by atoms with Crippen molar-refractivity contribution in [3.05, 3.63) is 239 Å². The Balaban J connectivity index is 0.745. The second-order valence-corrected chi connectivity index (χ2v) is 20.3. The van der Waals surface area contributed by atoms with Gasteiger partial charge in [0.1, 0.15) is 0 Å². The van der Waals surface area contributed by atoms with Gasteiger partial charge in [-0.15, -0.1) is 0 Å². The van der Waals surface area contributed by atoms with Crippen LogP contribution in [-0.4, -0.2) is 4.57 Å². The van der Waals surface area contributed by atoms with E-state index < -0.39 is 0 Å². The number of hydrogen-bond acceptors (Lipinski definition) is 0. The predicted octanol–water partition coefficient (Wildman–Crippen LogP) is 18.5. The Bertz CT molecular complexity index is 3700. The summed E-state index contributed by atoms with van der Waals surface area (Å²) < 4.78 is 2.45.